The lowest BCUT2D eigenvalue weighted by atomic mass is 9.96. The molecule has 2 aromatic heterocycles. The van der Waals surface area contributed by atoms with Crippen LogP contribution < -0.4 is 5.32 Å². The van der Waals surface area contributed by atoms with Gasteiger partial charge in [-0.3, -0.25) is 4.79 Å². The molecule has 1 unspecified atom stereocenters. The molecule has 0 spiro atoms. The van der Waals surface area contributed by atoms with Crippen molar-refractivity contribution in [3.63, 3.8) is 0 Å². The minimum Gasteiger partial charge on any atom is -0.480 e. The number of carbonyl (C=O) groups is 2. The SMILES string of the molecule is CC(C)(C)c1noc(CCCC(=O)NC(Cc2c[nH]c3ccccc23)C(=O)O)n1. The first kappa shape index (κ1) is 20.6. The van der Waals surface area contributed by atoms with Crippen LogP contribution in [-0.2, 0) is 27.8 Å². The number of amides is 1. The van der Waals surface area contributed by atoms with Crippen molar-refractivity contribution in [3.05, 3.63) is 47.7 Å². The predicted octanol–water partition coefficient (Wildman–Crippen LogP) is 2.98. The predicted molar refractivity (Wildman–Crippen MR) is 108 cm³/mol. The average molecular weight is 398 g/mol. The van der Waals surface area contributed by atoms with Gasteiger partial charge in [-0.05, 0) is 18.1 Å². The monoisotopic (exact) mass is 398 g/mol. The molecule has 8 heteroatoms. The Kier molecular flexibility index (Phi) is 6.00. The standard InChI is InChI=1S/C21H26N4O4/c1-21(2,3)20-24-18(29-25-20)10-6-9-17(26)23-16(19(27)28)11-13-12-22-15-8-5-4-7-14(13)15/h4-5,7-8,12,16,22H,6,9-11H2,1-3H3,(H,23,26)(H,27,28). The highest BCUT2D eigenvalue weighted by Crippen LogP contribution is 2.20. The van der Waals surface area contributed by atoms with Gasteiger partial charge >= 0.3 is 5.97 Å². The molecule has 2 heterocycles. The first-order valence-corrected chi connectivity index (χ1v) is 9.64. The number of aliphatic carboxylic acids is 1. The topological polar surface area (TPSA) is 121 Å². The second kappa shape index (κ2) is 8.46. The minimum atomic E-state index is -1.06. The molecular weight excluding hydrogens is 372 g/mol. The lowest BCUT2D eigenvalue weighted by Gasteiger charge is -2.14. The van der Waals surface area contributed by atoms with Crippen LogP contribution in [0.25, 0.3) is 10.9 Å². The summed E-state index contributed by atoms with van der Waals surface area (Å²) in [6, 6.07) is 6.68. The van der Waals surface area contributed by atoms with Crippen LogP contribution in [0.15, 0.2) is 35.0 Å². The van der Waals surface area contributed by atoms with Gasteiger partial charge in [0.05, 0.1) is 0 Å². The summed E-state index contributed by atoms with van der Waals surface area (Å²) >= 11 is 0. The van der Waals surface area contributed by atoms with Gasteiger partial charge in [0, 0.05) is 41.8 Å². The highest BCUT2D eigenvalue weighted by atomic mass is 16.5. The number of aryl methyl sites for hydroxylation is 1. The van der Waals surface area contributed by atoms with Crippen LogP contribution in [0.3, 0.4) is 0 Å². The Hall–Kier alpha value is -3.16. The maximum atomic E-state index is 12.3. The molecule has 3 N–H and O–H groups in total. The van der Waals surface area contributed by atoms with E-state index in [2.05, 4.69) is 20.4 Å². The molecule has 0 saturated carbocycles. The normalized spacial score (nSPS) is 12.8. The number of fused-ring (bicyclic) bond motifs is 1. The summed E-state index contributed by atoms with van der Waals surface area (Å²) in [4.78, 5) is 31.3. The average Bonchev–Trinajstić information content (AvgIpc) is 3.28. The zero-order valence-electron chi connectivity index (χ0n) is 16.9. The Bertz CT molecular complexity index is 999. The van der Waals surface area contributed by atoms with E-state index >= 15 is 0 Å². The Morgan fingerprint density at radius 2 is 2.03 bits per heavy atom. The number of carboxylic acids is 1. The number of rotatable bonds is 8. The summed E-state index contributed by atoms with van der Waals surface area (Å²) < 4.78 is 5.21. The number of benzene rings is 1. The molecule has 1 atom stereocenters. The van der Waals surface area contributed by atoms with Crippen LogP contribution in [0.4, 0.5) is 0 Å². The summed E-state index contributed by atoms with van der Waals surface area (Å²) in [5, 5.41) is 17.0. The van der Waals surface area contributed by atoms with Gasteiger partial charge in [0.15, 0.2) is 5.82 Å². The Morgan fingerprint density at radius 3 is 2.72 bits per heavy atom. The number of carbonyl (C=O) groups excluding carboxylic acids is 1. The lowest BCUT2D eigenvalue weighted by Crippen LogP contribution is -2.42. The van der Waals surface area contributed by atoms with Crippen molar-refractivity contribution in [2.45, 2.75) is 57.9 Å². The van der Waals surface area contributed by atoms with Gasteiger partial charge in [-0.25, -0.2) is 4.79 Å². The number of aromatic amines is 1. The molecule has 0 radical (unpaired) electrons. The van der Waals surface area contributed by atoms with Crippen molar-refractivity contribution in [2.75, 3.05) is 0 Å². The van der Waals surface area contributed by atoms with Gasteiger partial charge in [0.2, 0.25) is 11.8 Å². The molecule has 8 nitrogen and oxygen atoms in total. The van der Waals surface area contributed by atoms with E-state index in [0.29, 0.717) is 24.6 Å². The Labute approximate surface area is 168 Å². The first-order chi connectivity index (χ1) is 13.7. The van der Waals surface area contributed by atoms with E-state index in [1.54, 1.807) is 6.20 Å². The van der Waals surface area contributed by atoms with Crippen LogP contribution in [0.1, 0.15) is 50.9 Å². The molecule has 0 aliphatic heterocycles. The number of nitrogens with zero attached hydrogens (tertiary/aromatic N) is 2. The maximum absolute atomic E-state index is 12.3. The van der Waals surface area contributed by atoms with E-state index in [4.69, 9.17) is 4.52 Å². The maximum Gasteiger partial charge on any atom is 0.326 e. The zero-order chi connectivity index (χ0) is 21.0. The van der Waals surface area contributed by atoms with Gasteiger partial charge < -0.3 is 19.9 Å². The number of hydrogen-bond donors (Lipinski definition) is 3. The Morgan fingerprint density at radius 1 is 1.28 bits per heavy atom. The third-order valence-electron chi connectivity index (χ3n) is 4.67. The third kappa shape index (κ3) is 5.22. The lowest BCUT2D eigenvalue weighted by molar-refractivity contribution is -0.141. The van der Waals surface area contributed by atoms with E-state index in [9.17, 15) is 14.7 Å². The Balaban J connectivity index is 1.53. The third-order valence-corrected chi connectivity index (χ3v) is 4.67. The molecule has 1 aromatic carbocycles. The van der Waals surface area contributed by atoms with E-state index in [1.165, 1.54) is 0 Å². The van der Waals surface area contributed by atoms with Crippen LogP contribution in [-0.4, -0.2) is 38.1 Å². The number of aromatic nitrogens is 3. The van der Waals surface area contributed by atoms with Crippen molar-refractivity contribution < 1.29 is 19.2 Å². The fraction of sp³-hybridized carbons (Fsp3) is 0.429. The first-order valence-electron chi connectivity index (χ1n) is 9.64. The second-order valence-corrected chi connectivity index (χ2v) is 8.14. The molecular formula is C21H26N4O4. The second-order valence-electron chi connectivity index (χ2n) is 8.14. The quantitative estimate of drug-likeness (QED) is 0.536. The van der Waals surface area contributed by atoms with Crippen molar-refractivity contribution in [1.82, 2.24) is 20.4 Å². The van der Waals surface area contributed by atoms with E-state index in [-0.39, 0.29) is 24.2 Å². The highest BCUT2D eigenvalue weighted by molar-refractivity contribution is 5.86. The number of nitrogens with one attached hydrogen (secondary N) is 2. The van der Waals surface area contributed by atoms with Crippen molar-refractivity contribution in [1.29, 1.82) is 0 Å². The van der Waals surface area contributed by atoms with Crippen LogP contribution in [0, 0.1) is 0 Å². The zero-order valence-corrected chi connectivity index (χ0v) is 16.9. The molecule has 29 heavy (non-hydrogen) atoms. The molecule has 0 bridgehead atoms. The van der Waals surface area contributed by atoms with Crippen molar-refractivity contribution in [3.8, 4) is 0 Å². The number of carboxylic acid groups (broad SMARTS) is 1. The minimum absolute atomic E-state index is 0.185. The van der Waals surface area contributed by atoms with Gasteiger partial charge in [-0.1, -0.05) is 44.1 Å². The van der Waals surface area contributed by atoms with Gasteiger partial charge in [0.25, 0.3) is 0 Å². The summed E-state index contributed by atoms with van der Waals surface area (Å²) in [6.45, 7) is 5.98. The van der Waals surface area contributed by atoms with Crippen molar-refractivity contribution in [2.24, 2.45) is 0 Å². The summed E-state index contributed by atoms with van der Waals surface area (Å²) in [5.41, 5.74) is 1.59. The van der Waals surface area contributed by atoms with E-state index in [1.807, 2.05) is 45.0 Å². The molecule has 0 saturated heterocycles. The van der Waals surface area contributed by atoms with E-state index < -0.39 is 12.0 Å². The van der Waals surface area contributed by atoms with Crippen molar-refractivity contribution >= 4 is 22.8 Å². The molecule has 3 rings (SSSR count). The fourth-order valence-electron chi connectivity index (χ4n) is 3.05. The number of H-pyrrole nitrogens is 1. The number of hydrogen-bond acceptors (Lipinski definition) is 5. The summed E-state index contributed by atoms with van der Waals surface area (Å²) in [7, 11) is 0. The molecule has 3 aromatic rings. The molecule has 0 fully saturated rings. The number of para-hydroxylation sites is 1. The summed E-state index contributed by atoms with van der Waals surface area (Å²) in [6.07, 6.45) is 3.15. The summed E-state index contributed by atoms with van der Waals surface area (Å²) in [5.74, 6) is -0.263. The fourth-order valence-corrected chi connectivity index (χ4v) is 3.05. The largest absolute Gasteiger partial charge is 0.480 e. The van der Waals surface area contributed by atoms with E-state index in [0.717, 1.165) is 16.5 Å². The molecule has 154 valence electrons. The molecule has 0 aliphatic rings. The molecule has 0 aliphatic carbocycles. The van der Waals surface area contributed by atoms with Crippen LogP contribution >= 0.6 is 0 Å². The van der Waals surface area contributed by atoms with Gasteiger partial charge in [-0.2, -0.15) is 4.98 Å². The van der Waals surface area contributed by atoms with Gasteiger partial charge in [-0.15, -0.1) is 0 Å². The van der Waals surface area contributed by atoms with Gasteiger partial charge in [0.1, 0.15) is 6.04 Å². The highest BCUT2D eigenvalue weighted by Gasteiger charge is 2.23. The van der Waals surface area contributed by atoms with Crippen LogP contribution in [0.5, 0.6) is 0 Å². The smallest absolute Gasteiger partial charge is 0.326 e. The van der Waals surface area contributed by atoms with Crippen LogP contribution in [0.2, 0.25) is 0 Å². The molecule has 1 amide bonds.